The molecule has 8 heteroatoms. The summed E-state index contributed by atoms with van der Waals surface area (Å²) in [4.78, 5) is 31.8. The highest BCUT2D eigenvalue weighted by Gasteiger charge is 2.18. The number of nitrogens with zero attached hydrogens (tertiary/aromatic N) is 3. The highest BCUT2D eigenvalue weighted by Crippen LogP contribution is 2.24. The molecule has 0 aliphatic carbocycles. The first-order chi connectivity index (χ1) is 13.1. The van der Waals surface area contributed by atoms with Gasteiger partial charge in [0.25, 0.3) is 11.5 Å². The van der Waals surface area contributed by atoms with Gasteiger partial charge in [0, 0.05) is 0 Å². The van der Waals surface area contributed by atoms with Gasteiger partial charge in [-0.1, -0.05) is 18.2 Å². The van der Waals surface area contributed by atoms with E-state index in [-0.39, 0.29) is 11.5 Å². The smallest absolute Gasteiger partial charge is 0.295 e. The lowest BCUT2D eigenvalue weighted by atomic mass is 10.2. The van der Waals surface area contributed by atoms with Crippen LogP contribution in [0.5, 0.6) is 5.75 Å². The summed E-state index contributed by atoms with van der Waals surface area (Å²) in [7, 11) is 0. The van der Waals surface area contributed by atoms with Crippen molar-refractivity contribution in [2.45, 2.75) is 13.8 Å². The average molecular weight is 363 g/mol. The lowest BCUT2D eigenvalue weighted by molar-refractivity contribution is 0.101. The van der Waals surface area contributed by atoms with Gasteiger partial charge in [-0.3, -0.25) is 9.59 Å². The van der Waals surface area contributed by atoms with Crippen molar-refractivity contribution in [3.63, 3.8) is 0 Å². The zero-order chi connectivity index (χ0) is 19.0. The molecule has 0 aliphatic heterocycles. The molecule has 0 unspecified atom stereocenters. The van der Waals surface area contributed by atoms with Gasteiger partial charge in [-0.15, -0.1) is 5.10 Å². The fourth-order valence-corrected chi connectivity index (χ4v) is 2.87. The number of ether oxygens (including phenoxy) is 1. The first kappa shape index (κ1) is 16.8. The van der Waals surface area contributed by atoms with E-state index in [1.807, 2.05) is 38.1 Å². The van der Waals surface area contributed by atoms with Gasteiger partial charge in [-0.25, -0.2) is 4.52 Å². The second kappa shape index (κ2) is 6.56. The fraction of sp³-hybridized carbons (Fsp3) is 0.158. The van der Waals surface area contributed by atoms with Gasteiger partial charge in [-0.05, 0) is 43.7 Å². The molecule has 0 aliphatic rings. The second-order valence-corrected chi connectivity index (χ2v) is 6.03. The maximum absolute atomic E-state index is 12.6. The summed E-state index contributed by atoms with van der Waals surface area (Å²) in [5.41, 5.74) is 2.46. The Morgan fingerprint density at radius 2 is 2.07 bits per heavy atom. The van der Waals surface area contributed by atoms with Gasteiger partial charge in [0.1, 0.15) is 5.75 Å². The number of benzene rings is 2. The monoisotopic (exact) mass is 363 g/mol. The molecule has 2 aromatic carbocycles. The number of aromatic amines is 1. The standard InChI is InChI=1S/C19H17N5O3/c1-3-27-15-7-5-4-6-12(15)20-18(25)16-22-17-19(26)21-13-10-11(2)8-9-14(13)24(17)23-16/h4-10H,3H2,1-2H3,(H,20,25)(H,21,26). The third-order valence-electron chi connectivity index (χ3n) is 4.08. The summed E-state index contributed by atoms with van der Waals surface area (Å²) in [5, 5.41) is 6.97. The summed E-state index contributed by atoms with van der Waals surface area (Å²) in [6.45, 7) is 4.26. The molecule has 27 heavy (non-hydrogen) atoms. The summed E-state index contributed by atoms with van der Waals surface area (Å²) < 4.78 is 6.89. The molecule has 0 radical (unpaired) electrons. The number of para-hydroxylation sites is 2. The Morgan fingerprint density at radius 1 is 1.26 bits per heavy atom. The molecule has 0 atom stereocenters. The minimum atomic E-state index is -0.523. The number of rotatable bonds is 4. The number of fused-ring (bicyclic) bond motifs is 3. The first-order valence-electron chi connectivity index (χ1n) is 8.49. The minimum absolute atomic E-state index is 0.0644. The molecule has 0 bridgehead atoms. The molecule has 2 heterocycles. The summed E-state index contributed by atoms with van der Waals surface area (Å²) in [6, 6.07) is 12.7. The normalized spacial score (nSPS) is 11.0. The van der Waals surface area contributed by atoms with Crippen LogP contribution < -0.4 is 15.6 Å². The van der Waals surface area contributed by atoms with Crippen molar-refractivity contribution in [3.05, 3.63) is 64.2 Å². The van der Waals surface area contributed by atoms with Crippen LogP contribution >= 0.6 is 0 Å². The quantitative estimate of drug-likeness (QED) is 0.580. The number of anilines is 1. The van der Waals surface area contributed by atoms with Crippen LogP contribution in [0.1, 0.15) is 23.1 Å². The van der Waals surface area contributed by atoms with Crippen molar-refractivity contribution >= 4 is 28.3 Å². The van der Waals surface area contributed by atoms with E-state index in [0.717, 1.165) is 5.56 Å². The molecule has 0 spiro atoms. The Balaban J connectivity index is 1.76. The van der Waals surface area contributed by atoms with Crippen LogP contribution in [0.15, 0.2) is 47.3 Å². The molecule has 0 saturated heterocycles. The molecule has 1 amide bonds. The van der Waals surface area contributed by atoms with E-state index in [4.69, 9.17) is 4.74 Å². The number of amides is 1. The van der Waals surface area contributed by atoms with Crippen molar-refractivity contribution < 1.29 is 9.53 Å². The number of hydrogen-bond donors (Lipinski definition) is 2. The van der Waals surface area contributed by atoms with Crippen LogP contribution in [0.25, 0.3) is 16.7 Å². The number of carbonyl (C=O) groups excluding carboxylic acids is 1. The van der Waals surface area contributed by atoms with Gasteiger partial charge in [0.2, 0.25) is 11.5 Å². The summed E-state index contributed by atoms with van der Waals surface area (Å²) >= 11 is 0. The van der Waals surface area contributed by atoms with Crippen LogP contribution in [0, 0.1) is 6.92 Å². The highest BCUT2D eigenvalue weighted by molar-refractivity contribution is 6.02. The molecule has 0 fully saturated rings. The van der Waals surface area contributed by atoms with Crippen molar-refractivity contribution in [2.75, 3.05) is 11.9 Å². The van der Waals surface area contributed by atoms with Crippen molar-refractivity contribution in [3.8, 4) is 5.75 Å². The SMILES string of the molecule is CCOc1ccccc1NC(=O)c1nc2c(=O)[nH]c3cc(C)ccc3n2n1. The molecular formula is C19H17N5O3. The predicted octanol–water partition coefficient (Wildman–Crippen LogP) is 2.53. The fourth-order valence-electron chi connectivity index (χ4n) is 2.87. The third kappa shape index (κ3) is 3.01. The molecule has 2 aromatic heterocycles. The van der Waals surface area contributed by atoms with E-state index in [1.165, 1.54) is 4.52 Å². The first-order valence-corrected chi connectivity index (χ1v) is 8.49. The van der Waals surface area contributed by atoms with Crippen molar-refractivity contribution in [2.24, 2.45) is 0 Å². The number of aryl methyl sites for hydroxylation is 1. The Bertz CT molecular complexity index is 1230. The van der Waals surface area contributed by atoms with Crippen molar-refractivity contribution in [1.29, 1.82) is 0 Å². The molecule has 2 N–H and O–H groups in total. The van der Waals surface area contributed by atoms with E-state index in [0.29, 0.717) is 29.1 Å². The Kier molecular flexibility index (Phi) is 4.08. The van der Waals surface area contributed by atoms with Gasteiger partial charge >= 0.3 is 0 Å². The zero-order valence-corrected chi connectivity index (χ0v) is 14.8. The highest BCUT2D eigenvalue weighted by atomic mass is 16.5. The lowest BCUT2D eigenvalue weighted by Crippen LogP contribution is -2.15. The number of hydrogen-bond acceptors (Lipinski definition) is 5. The maximum atomic E-state index is 12.6. The zero-order valence-electron chi connectivity index (χ0n) is 14.8. The Morgan fingerprint density at radius 3 is 2.89 bits per heavy atom. The molecule has 4 aromatic rings. The van der Waals surface area contributed by atoms with Gasteiger partial charge < -0.3 is 15.0 Å². The Labute approximate surface area is 153 Å². The van der Waals surface area contributed by atoms with Crippen LogP contribution in [-0.4, -0.2) is 32.1 Å². The lowest BCUT2D eigenvalue weighted by Gasteiger charge is -2.09. The number of H-pyrrole nitrogens is 1. The van der Waals surface area contributed by atoms with Crippen LogP contribution in [0.4, 0.5) is 5.69 Å². The number of carbonyl (C=O) groups is 1. The Hall–Kier alpha value is -3.68. The largest absolute Gasteiger partial charge is 0.492 e. The van der Waals surface area contributed by atoms with Crippen LogP contribution in [0.3, 0.4) is 0 Å². The molecule has 136 valence electrons. The van der Waals surface area contributed by atoms with E-state index < -0.39 is 11.5 Å². The van der Waals surface area contributed by atoms with Gasteiger partial charge in [0.15, 0.2) is 0 Å². The number of aromatic nitrogens is 4. The van der Waals surface area contributed by atoms with E-state index >= 15 is 0 Å². The van der Waals surface area contributed by atoms with Crippen LogP contribution in [0.2, 0.25) is 0 Å². The maximum Gasteiger partial charge on any atom is 0.295 e. The summed E-state index contributed by atoms with van der Waals surface area (Å²) in [5.74, 6) is -0.0683. The predicted molar refractivity (Wildman–Crippen MR) is 101 cm³/mol. The van der Waals surface area contributed by atoms with Crippen molar-refractivity contribution in [1.82, 2.24) is 19.6 Å². The average Bonchev–Trinajstić information content (AvgIpc) is 3.10. The second-order valence-electron chi connectivity index (χ2n) is 6.03. The molecule has 8 nitrogen and oxygen atoms in total. The number of nitrogens with one attached hydrogen (secondary N) is 2. The van der Waals surface area contributed by atoms with E-state index in [1.54, 1.807) is 18.2 Å². The van der Waals surface area contributed by atoms with Crippen LogP contribution in [-0.2, 0) is 0 Å². The topological polar surface area (TPSA) is 101 Å². The van der Waals surface area contributed by atoms with Gasteiger partial charge in [0.05, 0.1) is 23.3 Å². The minimum Gasteiger partial charge on any atom is -0.492 e. The van der Waals surface area contributed by atoms with Gasteiger partial charge in [-0.2, -0.15) is 4.98 Å². The molecular weight excluding hydrogens is 346 g/mol. The summed E-state index contributed by atoms with van der Waals surface area (Å²) in [6.07, 6.45) is 0. The third-order valence-corrected chi connectivity index (χ3v) is 4.08. The molecule has 0 saturated carbocycles. The van der Waals surface area contributed by atoms with E-state index in [9.17, 15) is 9.59 Å². The molecule has 4 rings (SSSR count). The van der Waals surface area contributed by atoms with E-state index in [2.05, 4.69) is 20.4 Å².